The van der Waals surface area contributed by atoms with Crippen molar-refractivity contribution in [3.63, 3.8) is 0 Å². The number of rotatable bonds is 4. The summed E-state index contributed by atoms with van der Waals surface area (Å²) in [6.45, 7) is 10.6. The van der Waals surface area contributed by atoms with Crippen LogP contribution in [-0.2, 0) is 4.79 Å². The van der Waals surface area contributed by atoms with E-state index in [2.05, 4.69) is 24.5 Å². The van der Waals surface area contributed by atoms with Crippen LogP contribution < -0.4 is 20.1 Å². The zero-order valence-electron chi connectivity index (χ0n) is 22.2. The lowest BCUT2D eigenvalue weighted by Crippen LogP contribution is -2.63. The van der Waals surface area contributed by atoms with E-state index >= 15 is 0 Å². The number of carbonyl (C=O) groups excluding carboxylic acids is 2. The Morgan fingerprint density at radius 2 is 1.89 bits per heavy atom. The molecule has 3 N–H and O–H groups in total. The molecule has 5 rings (SSSR count). The number of nitrogens with zero attached hydrogens (tertiary/aromatic N) is 1. The number of ether oxygens (including phenoxy) is 2. The van der Waals surface area contributed by atoms with E-state index in [0.29, 0.717) is 37.2 Å². The highest BCUT2D eigenvalue weighted by Crippen LogP contribution is 2.41. The normalized spacial score (nSPS) is 26.4. The zero-order chi connectivity index (χ0) is 26.5. The Hall–Kier alpha value is -3.55. The monoisotopic (exact) mass is 504 g/mol. The lowest BCUT2D eigenvalue weighted by molar-refractivity contribution is -0.133. The van der Waals surface area contributed by atoms with Crippen molar-refractivity contribution in [3.8, 4) is 11.5 Å². The Labute approximate surface area is 218 Å². The molecule has 0 aliphatic carbocycles. The van der Waals surface area contributed by atoms with Crippen LogP contribution in [0.4, 0.5) is 0 Å². The summed E-state index contributed by atoms with van der Waals surface area (Å²) in [5, 5.41) is 15.1. The van der Waals surface area contributed by atoms with E-state index < -0.39 is 11.1 Å². The minimum atomic E-state index is -0.464. The predicted molar refractivity (Wildman–Crippen MR) is 141 cm³/mol. The van der Waals surface area contributed by atoms with Gasteiger partial charge < -0.3 is 20.1 Å². The van der Waals surface area contributed by atoms with Gasteiger partial charge in [-0.25, -0.2) is 0 Å². The fraction of sp³-hybridized carbons (Fsp3) is 0.483. The van der Waals surface area contributed by atoms with Gasteiger partial charge in [-0.2, -0.15) is 0 Å². The van der Waals surface area contributed by atoms with Gasteiger partial charge in [0.25, 0.3) is 5.91 Å². The summed E-state index contributed by atoms with van der Waals surface area (Å²) >= 11 is 0. The Morgan fingerprint density at radius 3 is 2.62 bits per heavy atom. The molecule has 2 aromatic rings. The molecular formula is C29H36N4O4. The van der Waals surface area contributed by atoms with Gasteiger partial charge in [0.15, 0.2) is 5.96 Å². The van der Waals surface area contributed by atoms with Crippen LogP contribution >= 0.6 is 0 Å². The van der Waals surface area contributed by atoms with Crippen molar-refractivity contribution in [1.29, 1.82) is 5.41 Å². The Kier molecular flexibility index (Phi) is 6.16. The number of guanidine groups is 1. The number of amides is 2. The van der Waals surface area contributed by atoms with Crippen molar-refractivity contribution >= 4 is 17.8 Å². The van der Waals surface area contributed by atoms with E-state index in [1.165, 1.54) is 4.90 Å². The van der Waals surface area contributed by atoms with Crippen molar-refractivity contribution in [2.75, 3.05) is 6.61 Å². The number of para-hydroxylation sites is 1. The molecule has 2 aromatic carbocycles. The molecule has 3 atom stereocenters. The highest BCUT2D eigenvalue weighted by Gasteiger charge is 2.44. The largest absolute Gasteiger partial charge is 0.493 e. The smallest absolute Gasteiger partial charge is 0.251 e. The lowest BCUT2D eigenvalue weighted by Gasteiger charge is -2.46. The molecule has 196 valence electrons. The van der Waals surface area contributed by atoms with Crippen molar-refractivity contribution in [3.05, 3.63) is 59.2 Å². The molecule has 8 heteroatoms. The number of benzene rings is 2. The summed E-state index contributed by atoms with van der Waals surface area (Å²) < 4.78 is 12.0. The maximum absolute atomic E-state index is 13.5. The van der Waals surface area contributed by atoms with Crippen molar-refractivity contribution in [2.24, 2.45) is 5.92 Å². The third-order valence-corrected chi connectivity index (χ3v) is 7.98. The molecule has 0 saturated carbocycles. The maximum atomic E-state index is 13.5. The first-order valence-corrected chi connectivity index (χ1v) is 13.0. The summed E-state index contributed by atoms with van der Waals surface area (Å²) in [5.74, 6) is 1.43. The van der Waals surface area contributed by atoms with Gasteiger partial charge in [0.1, 0.15) is 17.1 Å². The van der Waals surface area contributed by atoms with Gasteiger partial charge in [-0.15, -0.1) is 0 Å². The van der Waals surface area contributed by atoms with E-state index in [4.69, 9.17) is 14.9 Å². The van der Waals surface area contributed by atoms with Crippen LogP contribution in [0.15, 0.2) is 42.5 Å². The summed E-state index contributed by atoms with van der Waals surface area (Å²) in [7, 11) is 0. The highest BCUT2D eigenvalue weighted by atomic mass is 16.5. The Balaban J connectivity index is 1.41. The second kappa shape index (κ2) is 9.08. The molecular weight excluding hydrogens is 468 g/mol. The van der Waals surface area contributed by atoms with E-state index in [9.17, 15) is 9.59 Å². The summed E-state index contributed by atoms with van der Waals surface area (Å²) in [4.78, 5) is 28.3. The van der Waals surface area contributed by atoms with Crippen LogP contribution in [0, 0.1) is 11.3 Å². The maximum Gasteiger partial charge on any atom is 0.251 e. The first-order chi connectivity index (χ1) is 17.5. The molecule has 0 bridgehead atoms. The molecule has 0 spiro atoms. The third kappa shape index (κ3) is 4.65. The fourth-order valence-electron chi connectivity index (χ4n) is 5.54. The molecule has 0 aromatic heterocycles. The Bertz CT molecular complexity index is 1240. The first kappa shape index (κ1) is 25.1. The fourth-order valence-corrected chi connectivity index (χ4v) is 5.54. The van der Waals surface area contributed by atoms with Crippen LogP contribution in [0.2, 0.25) is 0 Å². The third-order valence-electron chi connectivity index (χ3n) is 7.98. The van der Waals surface area contributed by atoms with Gasteiger partial charge in [-0.1, -0.05) is 32.0 Å². The van der Waals surface area contributed by atoms with Gasteiger partial charge in [-0.05, 0) is 51.0 Å². The van der Waals surface area contributed by atoms with E-state index in [-0.39, 0.29) is 35.8 Å². The average molecular weight is 505 g/mol. The molecule has 3 aliphatic heterocycles. The van der Waals surface area contributed by atoms with Gasteiger partial charge in [-0.3, -0.25) is 19.9 Å². The van der Waals surface area contributed by atoms with Gasteiger partial charge >= 0.3 is 0 Å². The van der Waals surface area contributed by atoms with Crippen molar-refractivity contribution in [1.82, 2.24) is 15.5 Å². The van der Waals surface area contributed by atoms with Crippen LogP contribution in [-0.4, -0.2) is 40.4 Å². The standard InChI is InChI=1S/C29H36N4O4/c1-17(2)29(5)16-25(34)33(27(30)32-29)22-12-13-36-23-11-10-18(14-20(22)23)26(35)31-21-15-28(3,4)37-24-9-7-6-8-19(21)24/h6-11,14,17,21-22H,12-13,15-16H2,1-5H3,(H2,30,32)(H,31,35)/t21-,22+,29-/m0/s1. The minimum Gasteiger partial charge on any atom is -0.493 e. The number of carbonyl (C=O) groups is 2. The lowest BCUT2D eigenvalue weighted by atomic mass is 9.82. The van der Waals surface area contributed by atoms with Crippen molar-refractivity contribution < 1.29 is 19.1 Å². The number of hydrogen-bond acceptors (Lipinski definition) is 5. The topological polar surface area (TPSA) is 104 Å². The molecule has 37 heavy (non-hydrogen) atoms. The molecule has 1 saturated heterocycles. The van der Waals surface area contributed by atoms with Crippen LogP contribution in [0.3, 0.4) is 0 Å². The number of hydrogen-bond donors (Lipinski definition) is 3. The Morgan fingerprint density at radius 1 is 1.14 bits per heavy atom. The average Bonchev–Trinajstić information content (AvgIpc) is 2.82. The van der Waals surface area contributed by atoms with E-state index in [0.717, 1.165) is 16.9 Å². The molecule has 0 unspecified atom stereocenters. The first-order valence-electron chi connectivity index (χ1n) is 13.0. The van der Waals surface area contributed by atoms with Crippen LogP contribution in [0.1, 0.15) is 87.4 Å². The van der Waals surface area contributed by atoms with E-state index in [1.54, 1.807) is 12.1 Å². The number of nitrogens with one attached hydrogen (secondary N) is 3. The molecule has 3 aliphatic rings. The van der Waals surface area contributed by atoms with Crippen molar-refractivity contribution in [2.45, 2.75) is 77.1 Å². The second-order valence-electron chi connectivity index (χ2n) is 11.5. The van der Waals surface area contributed by atoms with Gasteiger partial charge in [0.05, 0.1) is 25.1 Å². The quantitative estimate of drug-likeness (QED) is 0.559. The zero-order valence-corrected chi connectivity index (χ0v) is 22.2. The number of fused-ring (bicyclic) bond motifs is 2. The molecule has 2 amide bonds. The van der Waals surface area contributed by atoms with Gasteiger partial charge in [0.2, 0.25) is 5.91 Å². The van der Waals surface area contributed by atoms with Gasteiger partial charge in [0, 0.05) is 35.1 Å². The second-order valence-corrected chi connectivity index (χ2v) is 11.5. The van der Waals surface area contributed by atoms with Crippen LogP contribution in [0.25, 0.3) is 0 Å². The molecule has 8 nitrogen and oxygen atoms in total. The molecule has 1 fully saturated rings. The summed E-state index contributed by atoms with van der Waals surface area (Å²) in [6, 6.07) is 12.6. The SMILES string of the molecule is CC(C)[C@]1(C)CC(=O)N([C@@H]2CCOc3ccc(C(=O)N[C@H]4CC(C)(C)Oc5ccccc54)cc32)C(=N)N1. The van der Waals surface area contributed by atoms with Crippen LogP contribution in [0.5, 0.6) is 11.5 Å². The van der Waals surface area contributed by atoms with E-state index in [1.807, 2.05) is 51.1 Å². The molecule has 0 radical (unpaired) electrons. The minimum absolute atomic E-state index is 0.0892. The molecule has 3 heterocycles. The highest BCUT2D eigenvalue weighted by molar-refractivity contribution is 6.00. The summed E-state index contributed by atoms with van der Waals surface area (Å²) in [5.41, 5.74) is 1.33. The summed E-state index contributed by atoms with van der Waals surface area (Å²) in [6.07, 6.45) is 1.50. The predicted octanol–water partition coefficient (Wildman–Crippen LogP) is 4.71.